The molecule has 0 amide bonds. The Morgan fingerprint density at radius 3 is 2.33 bits per heavy atom. The quantitative estimate of drug-likeness (QED) is 0.644. The van der Waals surface area contributed by atoms with Crippen LogP contribution < -0.4 is 10.1 Å². The summed E-state index contributed by atoms with van der Waals surface area (Å²) in [5, 5.41) is 3.44. The Kier molecular flexibility index (Phi) is 5.52. The van der Waals surface area contributed by atoms with Crippen molar-refractivity contribution in [3.63, 3.8) is 0 Å². The second-order valence-electron chi connectivity index (χ2n) is 5.95. The molecule has 3 aromatic carbocycles. The Balaban J connectivity index is 1.51. The van der Waals surface area contributed by atoms with Crippen LogP contribution in [0.15, 0.2) is 78.9 Å². The van der Waals surface area contributed by atoms with Gasteiger partial charge in [0.05, 0.1) is 6.61 Å². The molecule has 122 valence electrons. The van der Waals surface area contributed by atoms with Crippen molar-refractivity contribution in [2.45, 2.75) is 19.9 Å². The van der Waals surface area contributed by atoms with E-state index in [9.17, 15) is 0 Å². The van der Waals surface area contributed by atoms with Crippen LogP contribution in [0.3, 0.4) is 0 Å². The number of anilines is 1. The number of benzene rings is 3. The minimum atomic E-state index is 0.693. The smallest absolute Gasteiger partial charge is 0.119 e. The lowest BCUT2D eigenvalue weighted by Crippen LogP contribution is -2.03. The monoisotopic (exact) mass is 317 g/mol. The van der Waals surface area contributed by atoms with Crippen molar-refractivity contribution in [3.05, 3.63) is 95.6 Å². The normalized spacial score (nSPS) is 10.4. The summed E-state index contributed by atoms with van der Waals surface area (Å²) in [6.45, 7) is 3.58. The zero-order valence-corrected chi connectivity index (χ0v) is 14.0. The maximum atomic E-state index is 5.89. The van der Waals surface area contributed by atoms with Crippen LogP contribution in [-0.2, 0) is 13.0 Å². The molecule has 0 saturated heterocycles. The van der Waals surface area contributed by atoms with E-state index in [0.29, 0.717) is 6.61 Å². The van der Waals surface area contributed by atoms with Crippen molar-refractivity contribution in [2.75, 3.05) is 11.9 Å². The molecule has 0 spiro atoms. The molecule has 0 aliphatic rings. The third-order valence-corrected chi connectivity index (χ3v) is 3.95. The van der Waals surface area contributed by atoms with E-state index in [1.54, 1.807) is 0 Å². The van der Waals surface area contributed by atoms with Gasteiger partial charge in [0.15, 0.2) is 0 Å². The fourth-order valence-corrected chi connectivity index (χ4v) is 2.55. The fraction of sp³-hybridized carbons (Fsp3) is 0.182. The van der Waals surface area contributed by atoms with Crippen molar-refractivity contribution in [1.29, 1.82) is 0 Å². The summed E-state index contributed by atoms with van der Waals surface area (Å²) < 4.78 is 5.89. The van der Waals surface area contributed by atoms with Gasteiger partial charge >= 0.3 is 0 Å². The highest BCUT2D eigenvalue weighted by atomic mass is 16.5. The van der Waals surface area contributed by atoms with Gasteiger partial charge in [-0.25, -0.2) is 0 Å². The molecule has 0 radical (unpaired) electrons. The molecule has 1 N–H and O–H groups in total. The third kappa shape index (κ3) is 4.88. The van der Waals surface area contributed by atoms with Gasteiger partial charge in [-0.15, -0.1) is 0 Å². The van der Waals surface area contributed by atoms with Crippen molar-refractivity contribution in [2.24, 2.45) is 0 Å². The Bertz CT molecular complexity index is 750. The molecule has 0 atom stereocenters. The number of aryl methyl sites for hydroxylation is 1. The number of hydrogen-bond acceptors (Lipinski definition) is 2. The van der Waals surface area contributed by atoms with Crippen molar-refractivity contribution in [1.82, 2.24) is 0 Å². The SMILES string of the molecule is Cc1ccc(NCc2cccc(OCCc3ccccc3)c2)cc1. The fourth-order valence-electron chi connectivity index (χ4n) is 2.55. The number of rotatable bonds is 7. The first-order valence-electron chi connectivity index (χ1n) is 8.36. The molecule has 0 aliphatic heterocycles. The predicted molar refractivity (Wildman–Crippen MR) is 101 cm³/mol. The molecule has 2 heteroatoms. The van der Waals surface area contributed by atoms with Crippen LogP contribution >= 0.6 is 0 Å². The minimum absolute atomic E-state index is 0.693. The molecular formula is C22H23NO. The highest BCUT2D eigenvalue weighted by molar-refractivity contribution is 5.45. The van der Waals surface area contributed by atoms with E-state index in [1.165, 1.54) is 16.7 Å². The molecule has 24 heavy (non-hydrogen) atoms. The lowest BCUT2D eigenvalue weighted by molar-refractivity contribution is 0.321. The summed E-state index contributed by atoms with van der Waals surface area (Å²) >= 11 is 0. The van der Waals surface area contributed by atoms with Gasteiger partial charge in [0.25, 0.3) is 0 Å². The van der Waals surface area contributed by atoms with E-state index < -0.39 is 0 Å². The molecule has 3 aromatic rings. The largest absolute Gasteiger partial charge is 0.493 e. The van der Waals surface area contributed by atoms with Crippen LogP contribution in [0.4, 0.5) is 5.69 Å². The molecule has 0 unspecified atom stereocenters. The van der Waals surface area contributed by atoms with E-state index in [0.717, 1.165) is 24.4 Å². The van der Waals surface area contributed by atoms with E-state index in [4.69, 9.17) is 4.74 Å². The Morgan fingerprint density at radius 2 is 1.54 bits per heavy atom. The summed E-state index contributed by atoms with van der Waals surface area (Å²) in [7, 11) is 0. The standard InChI is InChI=1S/C22H23NO/c1-18-10-12-21(13-11-18)23-17-20-8-5-9-22(16-20)24-15-14-19-6-3-2-4-7-19/h2-13,16,23H,14-15,17H2,1H3. The summed E-state index contributed by atoms with van der Waals surface area (Å²) in [6, 6.07) is 27.1. The van der Waals surface area contributed by atoms with Gasteiger partial charge in [-0.05, 0) is 42.3 Å². The second-order valence-corrected chi connectivity index (χ2v) is 5.95. The molecule has 0 aliphatic carbocycles. The van der Waals surface area contributed by atoms with Crippen LogP contribution in [0.1, 0.15) is 16.7 Å². The molecule has 0 bridgehead atoms. The Morgan fingerprint density at radius 1 is 0.792 bits per heavy atom. The van der Waals surface area contributed by atoms with Crippen LogP contribution in [0.2, 0.25) is 0 Å². The van der Waals surface area contributed by atoms with Gasteiger partial charge in [-0.1, -0.05) is 60.2 Å². The second kappa shape index (κ2) is 8.21. The summed E-state index contributed by atoms with van der Waals surface area (Å²) in [5.74, 6) is 0.925. The van der Waals surface area contributed by atoms with Crippen LogP contribution in [0.5, 0.6) is 5.75 Å². The highest BCUT2D eigenvalue weighted by Gasteiger charge is 1.99. The van der Waals surface area contributed by atoms with Crippen LogP contribution in [-0.4, -0.2) is 6.61 Å². The van der Waals surface area contributed by atoms with Gasteiger partial charge in [-0.2, -0.15) is 0 Å². The lowest BCUT2D eigenvalue weighted by atomic mass is 10.1. The summed E-state index contributed by atoms with van der Waals surface area (Å²) in [5.41, 5.74) is 4.92. The van der Waals surface area contributed by atoms with E-state index in [1.807, 2.05) is 18.2 Å². The predicted octanol–water partition coefficient (Wildman–Crippen LogP) is 5.23. The topological polar surface area (TPSA) is 21.3 Å². The summed E-state index contributed by atoms with van der Waals surface area (Å²) in [4.78, 5) is 0. The van der Waals surface area contributed by atoms with E-state index in [2.05, 4.69) is 72.9 Å². The van der Waals surface area contributed by atoms with Crippen LogP contribution in [0.25, 0.3) is 0 Å². The van der Waals surface area contributed by atoms with Crippen molar-refractivity contribution < 1.29 is 4.74 Å². The Labute approximate surface area is 144 Å². The number of hydrogen-bond donors (Lipinski definition) is 1. The van der Waals surface area contributed by atoms with E-state index >= 15 is 0 Å². The summed E-state index contributed by atoms with van der Waals surface area (Å²) in [6.07, 6.45) is 0.923. The molecule has 0 aromatic heterocycles. The molecule has 0 heterocycles. The van der Waals surface area contributed by atoms with Crippen LogP contribution in [0, 0.1) is 6.92 Å². The minimum Gasteiger partial charge on any atom is -0.493 e. The molecule has 0 fully saturated rings. The first kappa shape index (κ1) is 16.1. The van der Waals surface area contributed by atoms with Gasteiger partial charge < -0.3 is 10.1 Å². The molecule has 2 nitrogen and oxygen atoms in total. The maximum absolute atomic E-state index is 5.89. The van der Waals surface area contributed by atoms with E-state index in [-0.39, 0.29) is 0 Å². The molecule has 0 saturated carbocycles. The van der Waals surface area contributed by atoms with Gasteiger partial charge in [0.2, 0.25) is 0 Å². The molecule has 3 rings (SSSR count). The van der Waals surface area contributed by atoms with Gasteiger partial charge in [0, 0.05) is 18.7 Å². The lowest BCUT2D eigenvalue weighted by Gasteiger charge is -2.10. The first-order valence-corrected chi connectivity index (χ1v) is 8.36. The Hall–Kier alpha value is -2.74. The van der Waals surface area contributed by atoms with Crippen molar-refractivity contribution >= 4 is 5.69 Å². The zero-order chi connectivity index (χ0) is 16.6. The van der Waals surface area contributed by atoms with Crippen molar-refractivity contribution in [3.8, 4) is 5.75 Å². The number of ether oxygens (including phenoxy) is 1. The zero-order valence-electron chi connectivity index (χ0n) is 14.0. The average Bonchev–Trinajstić information content (AvgIpc) is 2.63. The number of nitrogens with one attached hydrogen (secondary N) is 1. The molecular weight excluding hydrogens is 294 g/mol. The first-order chi connectivity index (χ1) is 11.8. The average molecular weight is 317 g/mol. The third-order valence-electron chi connectivity index (χ3n) is 3.95. The van der Waals surface area contributed by atoms with Gasteiger partial charge in [-0.3, -0.25) is 0 Å². The maximum Gasteiger partial charge on any atom is 0.119 e. The highest BCUT2D eigenvalue weighted by Crippen LogP contribution is 2.16. The van der Waals surface area contributed by atoms with Gasteiger partial charge in [0.1, 0.15) is 5.75 Å².